The molecular weight excluding hydrogens is 238 g/mol. The van der Waals surface area contributed by atoms with Gasteiger partial charge in [-0.1, -0.05) is 12.1 Å². The maximum Gasteiger partial charge on any atom is 0.141 e. The van der Waals surface area contributed by atoms with Gasteiger partial charge in [0.25, 0.3) is 0 Å². The van der Waals surface area contributed by atoms with Crippen molar-refractivity contribution in [3.8, 4) is 5.75 Å². The number of nitrogens with one attached hydrogen (secondary N) is 2. The molecule has 2 N–H and O–H groups in total. The number of anilines is 1. The second kappa shape index (κ2) is 7.36. The van der Waals surface area contributed by atoms with Crippen LogP contribution in [0.1, 0.15) is 13.3 Å². The van der Waals surface area contributed by atoms with E-state index in [1.807, 2.05) is 18.2 Å². The molecular formula is C15H25N3O. The van der Waals surface area contributed by atoms with E-state index in [9.17, 15) is 0 Å². The number of para-hydroxylation sites is 2. The quantitative estimate of drug-likeness (QED) is 0.820. The van der Waals surface area contributed by atoms with Gasteiger partial charge in [-0.15, -0.1) is 0 Å². The average molecular weight is 263 g/mol. The summed E-state index contributed by atoms with van der Waals surface area (Å²) in [5.74, 6) is 0.914. The molecule has 1 aliphatic rings. The molecule has 1 aromatic rings. The first kappa shape index (κ1) is 14.2. The second-order valence-corrected chi connectivity index (χ2v) is 5.05. The van der Waals surface area contributed by atoms with Gasteiger partial charge in [-0.05, 0) is 25.5 Å². The minimum absolute atomic E-state index is 0.629. The van der Waals surface area contributed by atoms with Gasteiger partial charge in [-0.2, -0.15) is 0 Å². The lowest BCUT2D eigenvalue weighted by molar-refractivity contribution is 0.179. The molecule has 106 valence electrons. The summed E-state index contributed by atoms with van der Waals surface area (Å²) >= 11 is 0. The van der Waals surface area contributed by atoms with Crippen LogP contribution in [0.25, 0.3) is 0 Å². The van der Waals surface area contributed by atoms with Crippen molar-refractivity contribution >= 4 is 5.69 Å². The molecule has 19 heavy (non-hydrogen) atoms. The van der Waals surface area contributed by atoms with Crippen LogP contribution in [0.2, 0.25) is 0 Å². The Morgan fingerprint density at radius 2 is 2.05 bits per heavy atom. The molecule has 0 amide bonds. The minimum atomic E-state index is 0.629. The maximum absolute atomic E-state index is 5.34. The third-order valence-electron chi connectivity index (χ3n) is 3.76. The first-order valence-electron chi connectivity index (χ1n) is 7.13. The molecule has 1 aromatic carbocycles. The van der Waals surface area contributed by atoms with Crippen molar-refractivity contribution in [2.45, 2.75) is 19.4 Å². The molecule has 0 spiro atoms. The van der Waals surface area contributed by atoms with Gasteiger partial charge >= 0.3 is 0 Å². The number of nitrogens with zero attached hydrogens (tertiary/aromatic N) is 1. The number of methoxy groups -OCH3 is 1. The Morgan fingerprint density at radius 3 is 2.79 bits per heavy atom. The van der Waals surface area contributed by atoms with Crippen LogP contribution >= 0.6 is 0 Å². The molecule has 0 aliphatic carbocycles. The molecule has 0 radical (unpaired) electrons. The zero-order valence-corrected chi connectivity index (χ0v) is 12.0. The van der Waals surface area contributed by atoms with Crippen molar-refractivity contribution < 1.29 is 4.74 Å². The summed E-state index contributed by atoms with van der Waals surface area (Å²) in [6, 6.07) is 8.71. The monoisotopic (exact) mass is 263 g/mol. The number of hydrogen-bond acceptors (Lipinski definition) is 4. The Morgan fingerprint density at radius 1 is 1.32 bits per heavy atom. The minimum Gasteiger partial charge on any atom is -0.495 e. The van der Waals surface area contributed by atoms with E-state index in [0.29, 0.717) is 6.04 Å². The van der Waals surface area contributed by atoms with E-state index in [1.54, 1.807) is 7.11 Å². The van der Waals surface area contributed by atoms with Crippen molar-refractivity contribution in [2.24, 2.45) is 0 Å². The highest BCUT2D eigenvalue weighted by molar-refractivity contribution is 5.55. The molecule has 1 atom stereocenters. The van der Waals surface area contributed by atoms with Crippen LogP contribution in [0.5, 0.6) is 5.75 Å². The summed E-state index contributed by atoms with van der Waals surface area (Å²) in [5, 5.41) is 6.86. The van der Waals surface area contributed by atoms with Crippen molar-refractivity contribution in [1.29, 1.82) is 0 Å². The van der Waals surface area contributed by atoms with Crippen LogP contribution in [0, 0.1) is 0 Å². The third kappa shape index (κ3) is 4.11. The Bertz CT molecular complexity index is 377. The first-order chi connectivity index (χ1) is 9.31. The maximum atomic E-state index is 5.34. The summed E-state index contributed by atoms with van der Waals surface area (Å²) < 4.78 is 5.34. The fourth-order valence-corrected chi connectivity index (χ4v) is 2.51. The summed E-state index contributed by atoms with van der Waals surface area (Å²) in [7, 11) is 1.71. The highest BCUT2D eigenvalue weighted by atomic mass is 16.5. The van der Waals surface area contributed by atoms with Crippen molar-refractivity contribution in [2.75, 3.05) is 45.2 Å². The second-order valence-electron chi connectivity index (χ2n) is 5.05. The molecule has 4 nitrogen and oxygen atoms in total. The number of benzene rings is 1. The normalized spacial score (nSPS) is 18.0. The van der Waals surface area contributed by atoms with E-state index in [2.05, 4.69) is 28.5 Å². The summed E-state index contributed by atoms with van der Waals surface area (Å²) in [4.78, 5) is 2.56. The van der Waals surface area contributed by atoms with E-state index in [-0.39, 0.29) is 0 Å². The summed E-state index contributed by atoms with van der Waals surface area (Å²) in [5.41, 5.74) is 1.08. The predicted molar refractivity (Wildman–Crippen MR) is 80.0 cm³/mol. The zero-order valence-electron chi connectivity index (χ0n) is 12.0. The van der Waals surface area contributed by atoms with E-state index in [4.69, 9.17) is 4.74 Å². The fraction of sp³-hybridized carbons (Fsp3) is 0.600. The van der Waals surface area contributed by atoms with Crippen LogP contribution in [-0.4, -0.2) is 50.8 Å². The highest BCUT2D eigenvalue weighted by Crippen LogP contribution is 2.23. The molecule has 1 unspecified atom stereocenters. The predicted octanol–water partition coefficient (Wildman–Crippen LogP) is 1.79. The zero-order chi connectivity index (χ0) is 13.5. The molecule has 0 saturated carbocycles. The molecule has 1 saturated heterocycles. The Kier molecular flexibility index (Phi) is 5.48. The highest BCUT2D eigenvalue weighted by Gasteiger charge is 2.15. The lowest BCUT2D eigenvalue weighted by atomic mass is 10.1. The molecule has 1 fully saturated rings. The van der Waals surface area contributed by atoms with Crippen molar-refractivity contribution in [3.63, 3.8) is 0 Å². The van der Waals surface area contributed by atoms with Gasteiger partial charge in [-0.3, -0.25) is 4.90 Å². The molecule has 0 bridgehead atoms. The van der Waals surface area contributed by atoms with Crippen molar-refractivity contribution in [1.82, 2.24) is 10.2 Å². The summed E-state index contributed by atoms with van der Waals surface area (Å²) in [6.45, 7) is 7.85. The number of piperazine rings is 1. The van der Waals surface area contributed by atoms with Gasteiger partial charge in [0.15, 0.2) is 0 Å². The number of ether oxygens (including phenoxy) is 1. The SMILES string of the molecule is COc1ccccc1NCCC(C)N1CCNCC1. The van der Waals surface area contributed by atoms with Gasteiger partial charge < -0.3 is 15.4 Å². The van der Waals surface area contributed by atoms with Crippen LogP contribution in [0.4, 0.5) is 5.69 Å². The molecule has 1 aliphatic heterocycles. The van der Waals surface area contributed by atoms with Gasteiger partial charge in [0.05, 0.1) is 12.8 Å². The van der Waals surface area contributed by atoms with E-state index >= 15 is 0 Å². The Balaban J connectivity index is 1.76. The molecule has 2 rings (SSSR count). The largest absolute Gasteiger partial charge is 0.495 e. The van der Waals surface area contributed by atoms with Crippen LogP contribution in [0.3, 0.4) is 0 Å². The standard InChI is InChI=1S/C15H25N3O/c1-13(18-11-9-16-10-12-18)7-8-17-14-5-3-4-6-15(14)19-2/h3-6,13,16-17H,7-12H2,1-2H3. The Labute approximate surface area is 116 Å². The van der Waals surface area contributed by atoms with E-state index in [1.165, 1.54) is 0 Å². The number of hydrogen-bond donors (Lipinski definition) is 2. The number of rotatable bonds is 6. The van der Waals surface area contributed by atoms with Gasteiger partial charge in [0.1, 0.15) is 5.75 Å². The molecule has 0 aromatic heterocycles. The smallest absolute Gasteiger partial charge is 0.141 e. The molecule has 4 heteroatoms. The van der Waals surface area contributed by atoms with Gasteiger partial charge in [0, 0.05) is 38.8 Å². The fourth-order valence-electron chi connectivity index (χ4n) is 2.51. The molecule has 1 heterocycles. The van der Waals surface area contributed by atoms with Crippen molar-refractivity contribution in [3.05, 3.63) is 24.3 Å². The average Bonchev–Trinajstić information content (AvgIpc) is 2.48. The van der Waals surface area contributed by atoms with E-state index < -0.39 is 0 Å². The van der Waals surface area contributed by atoms with Gasteiger partial charge in [0.2, 0.25) is 0 Å². The van der Waals surface area contributed by atoms with Crippen LogP contribution < -0.4 is 15.4 Å². The lowest BCUT2D eigenvalue weighted by Gasteiger charge is -2.32. The first-order valence-corrected chi connectivity index (χ1v) is 7.13. The Hall–Kier alpha value is -1.26. The lowest BCUT2D eigenvalue weighted by Crippen LogP contribution is -2.47. The van der Waals surface area contributed by atoms with Crippen LogP contribution in [0.15, 0.2) is 24.3 Å². The topological polar surface area (TPSA) is 36.5 Å². The third-order valence-corrected chi connectivity index (χ3v) is 3.76. The summed E-state index contributed by atoms with van der Waals surface area (Å²) in [6.07, 6.45) is 1.15. The van der Waals surface area contributed by atoms with Crippen LogP contribution in [-0.2, 0) is 0 Å². The van der Waals surface area contributed by atoms with E-state index in [0.717, 1.165) is 50.6 Å². The van der Waals surface area contributed by atoms with Gasteiger partial charge in [-0.25, -0.2) is 0 Å².